The van der Waals surface area contributed by atoms with Crippen LogP contribution < -0.4 is 0 Å². The van der Waals surface area contributed by atoms with Crippen molar-refractivity contribution in [3.63, 3.8) is 0 Å². The summed E-state index contributed by atoms with van der Waals surface area (Å²) in [6.07, 6.45) is 10.2. The van der Waals surface area contributed by atoms with Crippen LogP contribution in [0, 0.1) is 5.92 Å². The minimum absolute atomic E-state index is 0.0428. The quantitative estimate of drug-likeness (QED) is 0.0313. The summed E-state index contributed by atoms with van der Waals surface area (Å²) in [4.78, 5) is 117. The van der Waals surface area contributed by atoms with E-state index in [1.165, 1.54) is 96.3 Å². The number of carbonyl (C=O) groups is 9. The SMILES string of the molecule is CCCCCCCCCCCCCCCCC(=O)O[C@H]1[C@H](OC(C)=O)[C@H](OC(C)=O)[C@@H](OC2[C@@H](OC(C)=O)[C@H](OC(C)=O)C(OC(C)=O)[C@H](OC(C)=O)[C@H]2OC(C)=O)O[C@@H]1COC(=O)CCCCCCCC(C)CCCCCCCC. The lowest BCUT2D eigenvalue weighted by molar-refractivity contribution is -0.343. The lowest BCUT2D eigenvalue weighted by atomic mass is 9.83. The molecular weight excluding hydrogens is 1050 g/mol. The van der Waals surface area contributed by atoms with Gasteiger partial charge in [-0.3, -0.25) is 43.2 Å². The van der Waals surface area contributed by atoms with Crippen LogP contribution in [0.2, 0.25) is 0 Å². The smallest absolute Gasteiger partial charge is 0.306 e. The molecule has 2 aliphatic rings. The van der Waals surface area contributed by atoms with Gasteiger partial charge in [0.1, 0.15) is 18.8 Å². The van der Waals surface area contributed by atoms with Crippen LogP contribution in [-0.4, -0.2) is 128 Å². The Morgan fingerprint density at radius 3 is 0.963 bits per heavy atom. The number of rotatable bonds is 42. The van der Waals surface area contributed by atoms with Crippen LogP contribution in [0.3, 0.4) is 0 Å². The van der Waals surface area contributed by atoms with Crippen molar-refractivity contribution >= 4 is 53.7 Å². The highest BCUT2D eigenvalue weighted by molar-refractivity contribution is 5.72. The Balaban J connectivity index is 2.46. The van der Waals surface area contributed by atoms with E-state index in [0.717, 1.165) is 113 Å². The Hall–Kier alpha value is -4.85. The highest BCUT2D eigenvalue weighted by Gasteiger charge is 2.62. The number of hydrogen-bond donors (Lipinski definition) is 0. The van der Waals surface area contributed by atoms with Crippen LogP contribution in [0.1, 0.15) is 255 Å². The van der Waals surface area contributed by atoms with Gasteiger partial charge in [-0.1, -0.05) is 181 Å². The van der Waals surface area contributed by atoms with Crippen LogP contribution in [0.4, 0.5) is 0 Å². The molecule has 1 saturated heterocycles. The Labute approximate surface area is 482 Å². The minimum Gasteiger partial charge on any atom is -0.463 e. The van der Waals surface area contributed by atoms with Gasteiger partial charge in [-0.15, -0.1) is 0 Å². The van der Waals surface area contributed by atoms with Crippen molar-refractivity contribution in [3.05, 3.63) is 0 Å². The van der Waals surface area contributed by atoms with Gasteiger partial charge in [-0.2, -0.15) is 0 Å². The van der Waals surface area contributed by atoms with Gasteiger partial charge in [0.25, 0.3) is 0 Å². The van der Waals surface area contributed by atoms with Crippen molar-refractivity contribution < 1.29 is 95.3 Å². The zero-order valence-corrected chi connectivity index (χ0v) is 50.8. The Bertz CT molecular complexity index is 1830. The van der Waals surface area contributed by atoms with Crippen molar-refractivity contribution in [2.45, 2.75) is 323 Å². The van der Waals surface area contributed by atoms with Gasteiger partial charge in [0.05, 0.1) is 0 Å². The maximum Gasteiger partial charge on any atom is 0.306 e. The summed E-state index contributed by atoms with van der Waals surface area (Å²) in [6, 6.07) is 0. The van der Waals surface area contributed by atoms with E-state index in [2.05, 4.69) is 20.8 Å². The van der Waals surface area contributed by atoms with E-state index in [4.69, 9.17) is 52.1 Å². The molecule has 1 heterocycles. The molecule has 0 aromatic rings. The predicted octanol–water partition coefficient (Wildman–Crippen LogP) is 11.1. The van der Waals surface area contributed by atoms with Gasteiger partial charge in [-0.05, 0) is 18.8 Å². The van der Waals surface area contributed by atoms with Gasteiger partial charge < -0.3 is 52.1 Å². The molecule has 0 N–H and O–H groups in total. The molecule has 2 fully saturated rings. The summed E-state index contributed by atoms with van der Waals surface area (Å²) in [5.41, 5.74) is 0. The summed E-state index contributed by atoms with van der Waals surface area (Å²) in [5, 5.41) is 0. The number of carbonyl (C=O) groups excluding carboxylic acids is 9. The first-order valence-electron chi connectivity index (χ1n) is 30.5. The first-order valence-corrected chi connectivity index (χ1v) is 30.5. The zero-order chi connectivity index (χ0) is 60.1. The topological polar surface area (TPSA) is 255 Å². The monoisotopic (exact) mass is 1150 g/mol. The minimum atomic E-state index is -1.97. The van der Waals surface area contributed by atoms with E-state index in [0.29, 0.717) is 18.8 Å². The van der Waals surface area contributed by atoms with E-state index in [9.17, 15) is 43.2 Å². The number of esters is 9. The molecule has 1 aliphatic carbocycles. The highest BCUT2D eigenvalue weighted by atomic mass is 16.8. The highest BCUT2D eigenvalue weighted by Crippen LogP contribution is 2.38. The average molecular weight is 1160 g/mol. The number of unbranched alkanes of at least 4 members (excludes halogenated alkanes) is 22. The Kier molecular flexibility index (Phi) is 37.5. The Morgan fingerprint density at radius 1 is 0.333 bits per heavy atom. The molecule has 0 spiro atoms. The molecule has 1 aliphatic heterocycles. The first-order chi connectivity index (χ1) is 38.7. The third kappa shape index (κ3) is 30.9. The van der Waals surface area contributed by atoms with E-state index in [-0.39, 0.29) is 12.8 Å². The maximum atomic E-state index is 13.8. The number of hydrogen-bond acceptors (Lipinski definition) is 20. The molecule has 20 heteroatoms. The molecule has 0 amide bonds. The summed E-state index contributed by atoms with van der Waals surface area (Å²) >= 11 is 0. The lowest BCUT2D eigenvalue weighted by Crippen LogP contribution is -2.70. The third-order valence-electron chi connectivity index (χ3n) is 14.5. The summed E-state index contributed by atoms with van der Waals surface area (Å²) < 4.78 is 64.4. The van der Waals surface area contributed by atoms with Gasteiger partial charge in [0.15, 0.2) is 55.1 Å². The van der Waals surface area contributed by atoms with Crippen LogP contribution in [0.15, 0.2) is 0 Å². The summed E-state index contributed by atoms with van der Waals surface area (Å²) in [6.45, 7) is 13.2. The van der Waals surface area contributed by atoms with E-state index < -0.39 is 128 Å². The van der Waals surface area contributed by atoms with Crippen molar-refractivity contribution in [3.8, 4) is 0 Å². The fourth-order valence-corrected chi connectivity index (χ4v) is 10.6. The molecule has 0 bridgehead atoms. The molecule has 0 radical (unpaired) electrons. The molecule has 466 valence electrons. The maximum absolute atomic E-state index is 13.8. The van der Waals surface area contributed by atoms with Crippen molar-refractivity contribution in [1.82, 2.24) is 0 Å². The normalized spacial score (nSPS) is 23.7. The predicted molar refractivity (Wildman–Crippen MR) is 298 cm³/mol. The number of ether oxygens (including phenoxy) is 11. The van der Waals surface area contributed by atoms with E-state index in [1.807, 2.05) is 0 Å². The third-order valence-corrected chi connectivity index (χ3v) is 14.5. The fourth-order valence-electron chi connectivity index (χ4n) is 10.6. The molecule has 0 aromatic carbocycles. The second-order valence-electron chi connectivity index (χ2n) is 22.1. The second kappa shape index (κ2) is 42.0. The second-order valence-corrected chi connectivity index (χ2v) is 22.1. The van der Waals surface area contributed by atoms with Gasteiger partial charge in [-0.25, -0.2) is 0 Å². The van der Waals surface area contributed by atoms with Crippen LogP contribution in [-0.2, 0) is 95.3 Å². The molecule has 20 nitrogen and oxygen atoms in total. The van der Waals surface area contributed by atoms with Crippen molar-refractivity contribution in [2.75, 3.05) is 6.61 Å². The summed E-state index contributed by atoms with van der Waals surface area (Å²) in [7, 11) is 0. The molecule has 12 atom stereocenters. The van der Waals surface area contributed by atoms with Crippen LogP contribution in [0.5, 0.6) is 0 Å². The van der Waals surface area contributed by atoms with Crippen molar-refractivity contribution in [2.24, 2.45) is 5.92 Å². The van der Waals surface area contributed by atoms with E-state index >= 15 is 0 Å². The largest absolute Gasteiger partial charge is 0.463 e. The lowest BCUT2D eigenvalue weighted by Gasteiger charge is -2.50. The molecule has 0 aromatic heterocycles. The molecule has 1 saturated carbocycles. The van der Waals surface area contributed by atoms with E-state index in [1.54, 1.807) is 0 Å². The van der Waals surface area contributed by atoms with Gasteiger partial charge in [0.2, 0.25) is 0 Å². The molecule has 81 heavy (non-hydrogen) atoms. The summed E-state index contributed by atoms with van der Waals surface area (Å²) in [5.74, 6) is -7.46. The van der Waals surface area contributed by atoms with Crippen molar-refractivity contribution in [1.29, 1.82) is 0 Å². The zero-order valence-electron chi connectivity index (χ0n) is 50.8. The molecular formula is C61H102O20. The molecule has 3 unspecified atom stereocenters. The molecule has 2 rings (SSSR count). The fraction of sp³-hybridized carbons (Fsp3) is 0.852. The van der Waals surface area contributed by atoms with Crippen LogP contribution in [0.25, 0.3) is 0 Å². The van der Waals surface area contributed by atoms with Crippen LogP contribution >= 0.6 is 0 Å². The standard InChI is InChI=1S/C61H102O20/c1-11-13-15-17-19-20-21-22-23-24-25-26-30-35-39-51(70)80-52-49(40-71-50(69)38-34-31-27-29-33-37-41(3)36-32-28-18-16-14-12-2)79-61(60(78-48(10)68)53(52)72-42(4)62)81-59-57(76-46(8)66)55(74-44(6)64)54(73-43(5)63)56(75-45(7)65)58(59)77-47(9)67/h41,49,52-61H,11-40H2,1-10H3/t41?,49-,52-,53+,54?,55-,56+,57+,58-,59?,60+,61-/m1/s1. The first kappa shape index (κ1) is 72.3. The van der Waals surface area contributed by atoms with Gasteiger partial charge >= 0.3 is 53.7 Å². The average Bonchev–Trinajstić information content (AvgIpc) is 3.59. The Morgan fingerprint density at radius 2 is 0.617 bits per heavy atom. The van der Waals surface area contributed by atoms with Gasteiger partial charge in [0, 0.05) is 61.3 Å².